The number of hydrogen-bond donors (Lipinski definition) is 2. The number of Topliss-reactive ketones (excluding diaryl/α,β-unsaturated/α-hetero) is 1. The summed E-state index contributed by atoms with van der Waals surface area (Å²) in [6, 6.07) is 0. The van der Waals surface area contributed by atoms with Gasteiger partial charge in [0.15, 0.2) is 6.29 Å². The van der Waals surface area contributed by atoms with Crippen molar-refractivity contribution in [1.82, 2.24) is 0 Å². The smallest absolute Gasteiger partial charge is 0.311 e. The van der Waals surface area contributed by atoms with E-state index >= 15 is 0 Å². The molecular weight excluding hydrogens is 428 g/mol. The number of carbonyl (C=O) groups is 2. The Morgan fingerprint density at radius 1 is 1.00 bits per heavy atom. The summed E-state index contributed by atoms with van der Waals surface area (Å²) in [5.41, 5.74) is -1.76. The number of esters is 1. The summed E-state index contributed by atoms with van der Waals surface area (Å²) >= 11 is 0. The second-order valence-corrected chi connectivity index (χ2v) is 10.6. The van der Waals surface area contributed by atoms with Crippen molar-refractivity contribution in [3.05, 3.63) is 0 Å². The van der Waals surface area contributed by atoms with Gasteiger partial charge in [-0.1, -0.05) is 20.8 Å². The first-order chi connectivity index (χ1) is 15.4. The van der Waals surface area contributed by atoms with E-state index in [2.05, 4.69) is 6.92 Å². The van der Waals surface area contributed by atoms with Crippen LogP contribution in [0.1, 0.15) is 73.6 Å². The van der Waals surface area contributed by atoms with E-state index in [9.17, 15) is 19.8 Å². The molecule has 2 saturated heterocycles. The molecule has 2 N–H and O–H groups in total. The van der Waals surface area contributed by atoms with Crippen molar-refractivity contribution in [2.24, 2.45) is 23.7 Å². The van der Waals surface area contributed by atoms with Crippen LogP contribution in [0.4, 0.5) is 0 Å². The molecule has 2 heterocycles. The summed E-state index contributed by atoms with van der Waals surface area (Å²) in [6.07, 6.45) is 0.952. The van der Waals surface area contributed by atoms with Gasteiger partial charge in [0, 0.05) is 25.4 Å². The monoisotopic (exact) mass is 472 g/mol. The molecule has 8 nitrogen and oxygen atoms in total. The Morgan fingerprint density at radius 3 is 2.27 bits per heavy atom. The first kappa shape index (κ1) is 28.2. The van der Waals surface area contributed by atoms with Crippen LogP contribution in [0.2, 0.25) is 0 Å². The number of cyclic esters (lactones) is 1. The molecule has 0 aliphatic carbocycles. The minimum absolute atomic E-state index is 0.0803. The molecular formula is C25H44O8. The first-order valence-corrected chi connectivity index (χ1v) is 12.3. The largest absolute Gasteiger partial charge is 0.462 e. The van der Waals surface area contributed by atoms with Crippen molar-refractivity contribution in [2.45, 2.75) is 110 Å². The van der Waals surface area contributed by atoms with E-state index in [1.807, 2.05) is 13.8 Å². The third kappa shape index (κ3) is 7.72. The lowest BCUT2D eigenvalue weighted by atomic mass is 9.81. The van der Waals surface area contributed by atoms with Gasteiger partial charge in [-0.15, -0.1) is 0 Å². The Balaban J connectivity index is 2.25. The number of rotatable bonds is 3. The Morgan fingerprint density at radius 2 is 1.67 bits per heavy atom. The van der Waals surface area contributed by atoms with Gasteiger partial charge in [0.1, 0.15) is 18.0 Å². The van der Waals surface area contributed by atoms with Crippen molar-refractivity contribution in [3.63, 3.8) is 0 Å². The van der Waals surface area contributed by atoms with Crippen LogP contribution in [-0.4, -0.2) is 72.0 Å². The minimum Gasteiger partial charge on any atom is -0.462 e. The highest BCUT2D eigenvalue weighted by molar-refractivity contribution is 5.83. The SMILES string of the molecule is COC1CC[C@H](O[C@H]2CC(C)CC(C)O2)C(C)C(=O)OC[C@@](C)(O)C(O)C(C)C(=O)[C@H](C)C1. The van der Waals surface area contributed by atoms with E-state index in [0.29, 0.717) is 25.2 Å². The van der Waals surface area contributed by atoms with Crippen LogP contribution in [0.25, 0.3) is 0 Å². The summed E-state index contributed by atoms with van der Waals surface area (Å²) in [7, 11) is 1.61. The van der Waals surface area contributed by atoms with Crippen LogP contribution in [0.3, 0.4) is 0 Å². The van der Waals surface area contributed by atoms with Gasteiger partial charge in [0.2, 0.25) is 0 Å². The lowest BCUT2D eigenvalue weighted by molar-refractivity contribution is -0.231. The van der Waals surface area contributed by atoms with Crippen LogP contribution in [-0.2, 0) is 28.5 Å². The van der Waals surface area contributed by atoms with E-state index in [1.165, 1.54) is 6.92 Å². The number of aliphatic hydroxyl groups excluding tert-OH is 1. The summed E-state index contributed by atoms with van der Waals surface area (Å²) in [6.45, 7) is 10.3. The third-order valence-corrected chi connectivity index (χ3v) is 7.24. The molecule has 0 aromatic heterocycles. The predicted molar refractivity (Wildman–Crippen MR) is 122 cm³/mol. The quantitative estimate of drug-likeness (QED) is 0.603. The van der Waals surface area contributed by atoms with E-state index in [1.54, 1.807) is 21.0 Å². The molecule has 2 rings (SSSR count). The van der Waals surface area contributed by atoms with E-state index < -0.39 is 48.5 Å². The molecule has 192 valence electrons. The molecule has 0 aromatic carbocycles. The number of ether oxygens (including phenoxy) is 4. The van der Waals surface area contributed by atoms with Gasteiger partial charge in [-0.3, -0.25) is 9.59 Å². The van der Waals surface area contributed by atoms with Gasteiger partial charge in [-0.25, -0.2) is 0 Å². The topological polar surface area (TPSA) is 112 Å². The maximum atomic E-state index is 12.9. The summed E-state index contributed by atoms with van der Waals surface area (Å²) in [5.74, 6) is -2.01. The second kappa shape index (κ2) is 12.1. The summed E-state index contributed by atoms with van der Waals surface area (Å²) in [5, 5.41) is 21.4. The first-order valence-electron chi connectivity index (χ1n) is 12.3. The Bertz CT molecular complexity index is 640. The fourth-order valence-electron chi connectivity index (χ4n) is 5.00. The normalized spacial score (nSPS) is 44.7. The molecule has 0 spiro atoms. The average Bonchev–Trinajstić information content (AvgIpc) is 2.75. The average molecular weight is 473 g/mol. The fraction of sp³-hybridized carbons (Fsp3) is 0.920. The highest BCUT2D eigenvalue weighted by Crippen LogP contribution is 2.30. The number of aliphatic hydroxyl groups is 2. The van der Waals surface area contributed by atoms with Crippen molar-refractivity contribution >= 4 is 11.8 Å². The number of hydrogen-bond acceptors (Lipinski definition) is 8. The lowest BCUT2D eigenvalue weighted by Gasteiger charge is -2.37. The fourth-order valence-corrected chi connectivity index (χ4v) is 5.00. The van der Waals surface area contributed by atoms with Crippen molar-refractivity contribution in [2.75, 3.05) is 13.7 Å². The number of methoxy groups -OCH3 is 1. The lowest BCUT2D eigenvalue weighted by Crippen LogP contribution is -2.51. The Kier molecular flexibility index (Phi) is 10.3. The molecule has 0 aromatic rings. The zero-order chi connectivity index (χ0) is 24.9. The van der Waals surface area contributed by atoms with E-state index in [0.717, 1.165) is 12.8 Å². The molecule has 0 bridgehead atoms. The van der Waals surface area contributed by atoms with Gasteiger partial charge in [0.25, 0.3) is 0 Å². The molecule has 0 saturated carbocycles. The van der Waals surface area contributed by atoms with Gasteiger partial charge in [0.05, 0.1) is 30.3 Å². The molecule has 2 fully saturated rings. The molecule has 0 radical (unpaired) electrons. The van der Waals surface area contributed by atoms with Gasteiger partial charge < -0.3 is 29.2 Å². The maximum Gasteiger partial charge on any atom is 0.311 e. The van der Waals surface area contributed by atoms with E-state index in [4.69, 9.17) is 18.9 Å². The van der Waals surface area contributed by atoms with Crippen molar-refractivity contribution in [3.8, 4) is 0 Å². The van der Waals surface area contributed by atoms with Crippen LogP contribution < -0.4 is 0 Å². The zero-order valence-corrected chi connectivity index (χ0v) is 21.3. The zero-order valence-electron chi connectivity index (χ0n) is 21.3. The highest BCUT2D eigenvalue weighted by Gasteiger charge is 2.41. The molecule has 0 amide bonds. The second-order valence-electron chi connectivity index (χ2n) is 10.6. The molecule has 6 unspecified atom stereocenters. The van der Waals surface area contributed by atoms with E-state index in [-0.39, 0.29) is 23.9 Å². The molecule has 10 atom stereocenters. The van der Waals surface area contributed by atoms with Crippen LogP contribution in [0, 0.1) is 23.7 Å². The van der Waals surface area contributed by atoms with Crippen LogP contribution in [0.15, 0.2) is 0 Å². The number of ketones is 1. The standard InChI is InChI=1S/C25H44O8/c1-14-10-16(3)32-21(11-14)33-20-9-8-19(30-7)12-15(2)22(26)18(5)23(27)25(6,29)13-31-24(28)17(20)4/h14-21,23,27,29H,8-13H2,1-7H3/t14?,15-,16?,17?,18?,19?,20+,21+,23?,25-/m1/s1. The summed E-state index contributed by atoms with van der Waals surface area (Å²) in [4.78, 5) is 25.8. The molecule has 2 aliphatic heterocycles. The minimum atomic E-state index is -1.76. The Hall–Kier alpha value is -1.06. The maximum absolute atomic E-state index is 12.9. The number of carbonyl (C=O) groups excluding carboxylic acids is 2. The van der Waals surface area contributed by atoms with Gasteiger partial charge in [-0.2, -0.15) is 0 Å². The van der Waals surface area contributed by atoms with Crippen LogP contribution in [0.5, 0.6) is 0 Å². The molecule has 2 aliphatic rings. The highest BCUT2D eigenvalue weighted by atomic mass is 16.7. The molecule has 8 heteroatoms. The summed E-state index contributed by atoms with van der Waals surface area (Å²) < 4.78 is 23.3. The predicted octanol–water partition coefficient (Wildman–Crippen LogP) is 2.86. The van der Waals surface area contributed by atoms with Gasteiger partial charge >= 0.3 is 5.97 Å². The third-order valence-electron chi connectivity index (χ3n) is 7.24. The van der Waals surface area contributed by atoms with Crippen LogP contribution >= 0.6 is 0 Å². The van der Waals surface area contributed by atoms with Gasteiger partial charge in [-0.05, 0) is 52.4 Å². The Labute approximate surface area is 198 Å². The van der Waals surface area contributed by atoms with Crippen molar-refractivity contribution < 1.29 is 38.7 Å². The van der Waals surface area contributed by atoms with Crippen molar-refractivity contribution in [1.29, 1.82) is 0 Å². The molecule has 33 heavy (non-hydrogen) atoms.